The Morgan fingerprint density at radius 3 is 2.37 bits per heavy atom. The first-order valence-corrected chi connectivity index (χ1v) is 6.81. The third kappa shape index (κ3) is 3.58. The molecule has 0 fully saturated rings. The van der Waals surface area contributed by atoms with Crippen LogP contribution in [0.4, 0.5) is 5.82 Å². The summed E-state index contributed by atoms with van der Waals surface area (Å²) in [5.41, 5.74) is 3.23. The summed E-state index contributed by atoms with van der Waals surface area (Å²) >= 11 is 11.8. The molecule has 2 rings (SSSR count). The quantitative estimate of drug-likeness (QED) is 0.924. The predicted molar refractivity (Wildman–Crippen MR) is 80.2 cm³/mol. The maximum absolute atomic E-state index is 5.92. The van der Waals surface area contributed by atoms with Crippen LogP contribution < -0.4 is 5.32 Å². The molecule has 0 saturated carbocycles. The third-order valence-electron chi connectivity index (χ3n) is 3.08. The number of aromatic nitrogens is 2. The van der Waals surface area contributed by atoms with Crippen molar-refractivity contribution in [2.45, 2.75) is 20.3 Å². The minimum atomic E-state index is 0.459. The number of hydrogen-bond donors (Lipinski definition) is 1. The second-order valence-corrected chi connectivity index (χ2v) is 5.19. The van der Waals surface area contributed by atoms with E-state index in [1.54, 1.807) is 0 Å². The fourth-order valence-corrected chi connectivity index (χ4v) is 2.03. The second kappa shape index (κ2) is 6.22. The highest BCUT2D eigenvalue weighted by Gasteiger charge is 2.07. The largest absolute Gasteiger partial charge is 0.368 e. The second-order valence-electron chi connectivity index (χ2n) is 4.39. The molecule has 1 N–H and O–H groups in total. The van der Waals surface area contributed by atoms with Gasteiger partial charge in [0.1, 0.15) is 0 Å². The Bertz CT molecular complexity index is 568. The Morgan fingerprint density at radius 1 is 1.00 bits per heavy atom. The van der Waals surface area contributed by atoms with E-state index in [1.807, 2.05) is 38.1 Å². The van der Waals surface area contributed by atoms with Crippen LogP contribution in [0.2, 0.25) is 10.2 Å². The summed E-state index contributed by atoms with van der Waals surface area (Å²) in [6.07, 6.45) is 0.903. The fraction of sp³-hybridized carbons (Fsp3) is 0.286. The number of anilines is 1. The number of halogens is 2. The maximum Gasteiger partial charge on any atom is 0.155 e. The molecule has 0 aliphatic rings. The van der Waals surface area contributed by atoms with Gasteiger partial charge in [-0.1, -0.05) is 35.3 Å². The summed E-state index contributed by atoms with van der Waals surface area (Å²) in [7, 11) is 0. The molecular formula is C14H15Cl2N3. The molecule has 0 aliphatic heterocycles. The lowest BCUT2D eigenvalue weighted by molar-refractivity contribution is 0.948. The zero-order valence-electron chi connectivity index (χ0n) is 10.9. The van der Waals surface area contributed by atoms with Crippen molar-refractivity contribution in [3.05, 3.63) is 51.1 Å². The molecule has 1 heterocycles. The van der Waals surface area contributed by atoms with E-state index in [9.17, 15) is 0 Å². The molecule has 5 heteroatoms. The summed E-state index contributed by atoms with van der Waals surface area (Å²) in [6, 6.07) is 7.84. The molecule has 0 radical (unpaired) electrons. The molecule has 100 valence electrons. The van der Waals surface area contributed by atoms with Crippen LogP contribution in [0.15, 0.2) is 24.3 Å². The molecule has 0 bridgehead atoms. The van der Waals surface area contributed by atoms with E-state index < -0.39 is 0 Å². The molecular weight excluding hydrogens is 281 g/mol. The minimum Gasteiger partial charge on any atom is -0.368 e. The van der Waals surface area contributed by atoms with E-state index in [0.717, 1.165) is 34.9 Å². The molecule has 2 aromatic rings. The van der Waals surface area contributed by atoms with E-state index in [-0.39, 0.29) is 0 Å². The summed E-state index contributed by atoms with van der Waals surface area (Å²) in [4.78, 5) is 0. The Morgan fingerprint density at radius 2 is 1.68 bits per heavy atom. The Kier molecular flexibility index (Phi) is 4.61. The van der Waals surface area contributed by atoms with Gasteiger partial charge in [0.25, 0.3) is 0 Å². The van der Waals surface area contributed by atoms with Gasteiger partial charge in [-0.3, -0.25) is 0 Å². The van der Waals surface area contributed by atoms with Gasteiger partial charge in [-0.25, -0.2) is 0 Å². The molecule has 0 amide bonds. The average Bonchev–Trinajstić information content (AvgIpc) is 2.41. The van der Waals surface area contributed by atoms with E-state index in [0.29, 0.717) is 5.15 Å². The first kappa shape index (κ1) is 14.1. The molecule has 1 aromatic heterocycles. The van der Waals surface area contributed by atoms with Gasteiger partial charge in [-0.05, 0) is 49.1 Å². The van der Waals surface area contributed by atoms with Crippen molar-refractivity contribution in [2.24, 2.45) is 0 Å². The van der Waals surface area contributed by atoms with E-state index in [2.05, 4.69) is 15.5 Å². The van der Waals surface area contributed by atoms with E-state index in [4.69, 9.17) is 23.2 Å². The Hall–Kier alpha value is -1.32. The summed E-state index contributed by atoms with van der Waals surface area (Å²) in [5.74, 6) is 0.788. The summed E-state index contributed by atoms with van der Waals surface area (Å²) < 4.78 is 0. The first-order chi connectivity index (χ1) is 9.08. The van der Waals surface area contributed by atoms with Gasteiger partial charge in [0.15, 0.2) is 11.0 Å². The van der Waals surface area contributed by atoms with Crippen molar-refractivity contribution < 1.29 is 0 Å². The number of rotatable bonds is 4. The van der Waals surface area contributed by atoms with Crippen LogP contribution in [0.3, 0.4) is 0 Å². The average molecular weight is 296 g/mol. The van der Waals surface area contributed by atoms with Gasteiger partial charge in [0.2, 0.25) is 0 Å². The van der Waals surface area contributed by atoms with Crippen molar-refractivity contribution in [1.29, 1.82) is 0 Å². The highest BCUT2D eigenvalue weighted by Crippen LogP contribution is 2.20. The van der Waals surface area contributed by atoms with Crippen LogP contribution in [0.25, 0.3) is 0 Å². The van der Waals surface area contributed by atoms with Crippen LogP contribution in [0.1, 0.15) is 16.7 Å². The van der Waals surface area contributed by atoms with Gasteiger partial charge in [0.05, 0.1) is 0 Å². The molecule has 19 heavy (non-hydrogen) atoms. The smallest absolute Gasteiger partial charge is 0.155 e. The zero-order chi connectivity index (χ0) is 13.8. The van der Waals surface area contributed by atoms with Crippen molar-refractivity contribution in [1.82, 2.24) is 10.2 Å². The van der Waals surface area contributed by atoms with Crippen LogP contribution >= 0.6 is 23.2 Å². The molecule has 0 unspecified atom stereocenters. The number of hydrogen-bond acceptors (Lipinski definition) is 3. The van der Waals surface area contributed by atoms with Crippen molar-refractivity contribution in [3.63, 3.8) is 0 Å². The SMILES string of the molecule is Cc1c(Cl)nnc(NCCc2ccc(Cl)cc2)c1C. The molecule has 1 aromatic carbocycles. The monoisotopic (exact) mass is 295 g/mol. The molecule has 0 aliphatic carbocycles. The Labute approximate surface area is 123 Å². The van der Waals surface area contributed by atoms with Gasteiger partial charge in [-0.15, -0.1) is 10.2 Å². The highest BCUT2D eigenvalue weighted by atomic mass is 35.5. The molecule has 0 atom stereocenters. The van der Waals surface area contributed by atoms with Gasteiger partial charge < -0.3 is 5.32 Å². The lowest BCUT2D eigenvalue weighted by atomic mass is 10.1. The summed E-state index contributed by atoms with van der Waals surface area (Å²) in [5, 5.41) is 12.5. The van der Waals surface area contributed by atoms with Crippen LogP contribution in [-0.4, -0.2) is 16.7 Å². The van der Waals surface area contributed by atoms with Gasteiger partial charge in [-0.2, -0.15) is 0 Å². The first-order valence-electron chi connectivity index (χ1n) is 6.05. The van der Waals surface area contributed by atoms with E-state index in [1.165, 1.54) is 5.56 Å². The standard InChI is InChI=1S/C14H15Cl2N3/c1-9-10(2)14(19-18-13(9)16)17-8-7-11-3-5-12(15)6-4-11/h3-6H,7-8H2,1-2H3,(H,17,19). The maximum atomic E-state index is 5.92. The fourth-order valence-electron chi connectivity index (χ4n) is 1.72. The number of nitrogens with one attached hydrogen (secondary N) is 1. The lowest BCUT2D eigenvalue weighted by Gasteiger charge is -2.10. The van der Waals surface area contributed by atoms with Crippen molar-refractivity contribution in [3.8, 4) is 0 Å². The van der Waals surface area contributed by atoms with Gasteiger partial charge >= 0.3 is 0 Å². The van der Waals surface area contributed by atoms with Crippen LogP contribution in [0.5, 0.6) is 0 Å². The minimum absolute atomic E-state index is 0.459. The molecule has 0 spiro atoms. The summed E-state index contributed by atoms with van der Waals surface area (Å²) in [6.45, 7) is 4.72. The van der Waals surface area contributed by atoms with Crippen LogP contribution in [0, 0.1) is 13.8 Å². The lowest BCUT2D eigenvalue weighted by Crippen LogP contribution is -2.09. The highest BCUT2D eigenvalue weighted by molar-refractivity contribution is 6.30. The normalized spacial score (nSPS) is 10.5. The van der Waals surface area contributed by atoms with Crippen LogP contribution in [-0.2, 0) is 6.42 Å². The van der Waals surface area contributed by atoms with E-state index >= 15 is 0 Å². The van der Waals surface area contributed by atoms with Crippen molar-refractivity contribution >= 4 is 29.0 Å². The molecule has 0 saturated heterocycles. The Balaban J connectivity index is 1.96. The topological polar surface area (TPSA) is 37.8 Å². The van der Waals surface area contributed by atoms with Gasteiger partial charge in [0, 0.05) is 11.6 Å². The zero-order valence-corrected chi connectivity index (χ0v) is 12.4. The third-order valence-corrected chi connectivity index (χ3v) is 3.70. The van der Waals surface area contributed by atoms with Crippen molar-refractivity contribution in [2.75, 3.05) is 11.9 Å². The number of nitrogens with zero attached hydrogens (tertiary/aromatic N) is 2. The molecule has 3 nitrogen and oxygen atoms in total. The predicted octanol–water partition coefficient (Wildman–Crippen LogP) is 4.05. The number of benzene rings is 1.